The molecular weight excluding hydrogens is 521 g/mol. The molecule has 1 aliphatic carbocycles. The molecule has 40 heavy (non-hydrogen) atoms. The second kappa shape index (κ2) is 9.75. The molecule has 0 N–H and O–H groups in total. The molecule has 0 amide bonds. The molecule has 2 heterocycles. The summed E-state index contributed by atoms with van der Waals surface area (Å²) in [5, 5.41) is 2.75. The van der Waals surface area contributed by atoms with Gasteiger partial charge in [0, 0.05) is 26.1 Å². The average molecular weight is 547 g/mol. The van der Waals surface area contributed by atoms with Crippen LogP contribution >= 0.6 is 22.7 Å². The first kappa shape index (κ1) is 23.6. The zero-order chi connectivity index (χ0) is 26.5. The summed E-state index contributed by atoms with van der Waals surface area (Å²) < 4.78 is 5.56. The normalized spacial score (nSPS) is 15.2. The zero-order valence-corrected chi connectivity index (χ0v) is 23.5. The van der Waals surface area contributed by atoms with Crippen LogP contribution in [-0.4, -0.2) is 0 Å². The molecule has 2 heteroatoms. The fourth-order valence-electron chi connectivity index (χ4n) is 5.88. The van der Waals surface area contributed by atoms with Crippen LogP contribution in [0.2, 0.25) is 0 Å². The minimum atomic E-state index is 0.471. The van der Waals surface area contributed by atoms with E-state index >= 15 is 0 Å². The molecule has 5 aromatic carbocycles. The lowest BCUT2D eigenvalue weighted by Crippen LogP contribution is -1.98. The van der Waals surface area contributed by atoms with E-state index in [0.717, 1.165) is 6.42 Å². The Bertz CT molecular complexity index is 2050. The Kier molecular flexibility index (Phi) is 5.76. The summed E-state index contributed by atoms with van der Waals surface area (Å²) in [5.41, 5.74) is 9.08. The highest BCUT2D eigenvalue weighted by atomic mass is 32.1. The van der Waals surface area contributed by atoms with Crippen molar-refractivity contribution in [3.8, 4) is 22.3 Å². The molecule has 0 aliphatic heterocycles. The first-order valence-electron chi connectivity index (χ1n) is 13.8. The predicted molar refractivity (Wildman–Crippen MR) is 177 cm³/mol. The zero-order valence-electron chi connectivity index (χ0n) is 21.9. The number of hydrogen-bond donors (Lipinski definition) is 0. The van der Waals surface area contributed by atoms with Crippen molar-refractivity contribution in [2.45, 2.75) is 12.3 Å². The lowest BCUT2D eigenvalue weighted by Gasteiger charge is -2.17. The van der Waals surface area contributed by atoms with Gasteiger partial charge >= 0.3 is 0 Å². The Morgan fingerprint density at radius 2 is 1.02 bits per heavy atom. The van der Waals surface area contributed by atoms with Crippen molar-refractivity contribution in [2.75, 3.05) is 0 Å². The fraction of sp³-hybridized carbons (Fsp3) is 0.0526. The molecular formula is C38H26S2. The third kappa shape index (κ3) is 4.12. The lowest BCUT2D eigenvalue weighted by atomic mass is 9.88. The van der Waals surface area contributed by atoms with Crippen LogP contribution in [-0.2, 0) is 0 Å². The quantitative estimate of drug-likeness (QED) is 0.206. The van der Waals surface area contributed by atoms with Crippen molar-refractivity contribution >= 4 is 57.8 Å². The van der Waals surface area contributed by atoms with E-state index in [1.54, 1.807) is 0 Å². The molecule has 8 rings (SSSR count). The van der Waals surface area contributed by atoms with E-state index in [0.29, 0.717) is 5.92 Å². The van der Waals surface area contributed by atoms with E-state index < -0.39 is 0 Å². The summed E-state index contributed by atoms with van der Waals surface area (Å²) >= 11 is 3.86. The lowest BCUT2D eigenvalue weighted by molar-refractivity contribution is 0.857. The Morgan fingerprint density at radius 1 is 0.500 bits per heavy atom. The molecule has 2 aromatic heterocycles. The molecule has 0 bridgehead atoms. The van der Waals surface area contributed by atoms with E-state index in [-0.39, 0.29) is 0 Å². The molecule has 0 saturated carbocycles. The van der Waals surface area contributed by atoms with Crippen LogP contribution in [0.4, 0.5) is 0 Å². The van der Waals surface area contributed by atoms with Crippen molar-refractivity contribution < 1.29 is 0 Å². The number of rotatable bonds is 4. The Labute approximate surface area is 242 Å². The summed E-state index contributed by atoms with van der Waals surface area (Å²) in [6, 6.07) is 44.3. The Hall–Kier alpha value is -4.24. The van der Waals surface area contributed by atoms with Gasteiger partial charge < -0.3 is 0 Å². The monoisotopic (exact) mass is 546 g/mol. The molecule has 0 spiro atoms. The van der Waals surface area contributed by atoms with Gasteiger partial charge in [0.25, 0.3) is 0 Å². The fourth-order valence-corrected chi connectivity index (χ4v) is 8.61. The van der Waals surface area contributed by atoms with Crippen LogP contribution in [0.5, 0.6) is 0 Å². The number of hydrogen-bond acceptors (Lipinski definition) is 2. The molecule has 190 valence electrons. The highest BCUT2D eigenvalue weighted by Gasteiger charge is 2.16. The van der Waals surface area contributed by atoms with Gasteiger partial charge in [0.05, 0.1) is 9.40 Å². The van der Waals surface area contributed by atoms with Crippen molar-refractivity contribution in [3.05, 3.63) is 151 Å². The van der Waals surface area contributed by atoms with Crippen LogP contribution in [0.15, 0.2) is 140 Å². The van der Waals surface area contributed by atoms with Gasteiger partial charge in [-0.2, -0.15) is 0 Å². The third-order valence-corrected chi connectivity index (χ3v) is 10.6. The summed E-state index contributed by atoms with van der Waals surface area (Å²) in [7, 11) is 0. The van der Waals surface area contributed by atoms with Crippen LogP contribution in [0.25, 0.3) is 57.4 Å². The van der Waals surface area contributed by atoms with E-state index in [4.69, 9.17) is 0 Å². The molecule has 0 radical (unpaired) electrons. The first-order valence-corrected chi connectivity index (χ1v) is 15.4. The van der Waals surface area contributed by atoms with Crippen LogP contribution < -0.4 is 0 Å². The standard InChI is InChI=1S/C38H26S2/c1-3-7-25(8-4-1)27-11-15-29(16-12-27)31-19-21-33-35(23-31)39-38-34-22-20-32(24-36(34)40-37(33)38)30-17-13-28(14-18-30)26-9-5-2-6-10-26/h1-13,15-24,28H,14H2. The Balaban J connectivity index is 1.09. The molecule has 1 atom stereocenters. The van der Waals surface area contributed by atoms with Gasteiger partial charge in [-0.3, -0.25) is 0 Å². The summed E-state index contributed by atoms with van der Waals surface area (Å²) in [6.07, 6.45) is 8.12. The second-order valence-corrected chi connectivity index (χ2v) is 12.6. The molecule has 0 saturated heterocycles. The van der Waals surface area contributed by atoms with E-state index in [2.05, 4.69) is 140 Å². The molecule has 1 aliphatic rings. The maximum absolute atomic E-state index is 2.40. The van der Waals surface area contributed by atoms with Crippen LogP contribution in [0.1, 0.15) is 23.5 Å². The van der Waals surface area contributed by atoms with E-state index in [9.17, 15) is 0 Å². The minimum Gasteiger partial charge on any atom is -0.134 e. The second-order valence-electron chi connectivity index (χ2n) is 10.5. The third-order valence-electron chi connectivity index (χ3n) is 8.07. The Morgan fingerprint density at radius 3 is 1.65 bits per heavy atom. The van der Waals surface area contributed by atoms with Gasteiger partial charge in [-0.05, 0) is 57.5 Å². The summed E-state index contributed by atoms with van der Waals surface area (Å²) in [4.78, 5) is 0. The van der Waals surface area contributed by atoms with Gasteiger partial charge in [0.2, 0.25) is 0 Å². The van der Waals surface area contributed by atoms with Crippen LogP contribution in [0, 0.1) is 0 Å². The highest BCUT2D eigenvalue weighted by Crippen LogP contribution is 2.46. The smallest absolute Gasteiger partial charge is 0.0542 e. The first-order chi connectivity index (χ1) is 19.8. The highest BCUT2D eigenvalue weighted by molar-refractivity contribution is 7.36. The molecule has 7 aromatic rings. The molecule has 0 fully saturated rings. The van der Waals surface area contributed by atoms with Gasteiger partial charge in [-0.15, -0.1) is 22.7 Å². The van der Waals surface area contributed by atoms with Gasteiger partial charge in [-0.25, -0.2) is 0 Å². The molecule has 1 unspecified atom stereocenters. The van der Waals surface area contributed by atoms with Crippen molar-refractivity contribution in [1.29, 1.82) is 0 Å². The minimum absolute atomic E-state index is 0.471. The topological polar surface area (TPSA) is 0 Å². The molecule has 0 nitrogen and oxygen atoms in total. The number of thiophene rings is 2. The average Bonchev–Trinajstić information content (AvgIpc) is 3.57. The number of allylic oxidation sites excluding steroid dienone is 4. The van der Waals surface area contributed by atoms with E-state index in [1.165, 1.54) is 68.5 Å². The largest absolute Gasteiger partial charge is 0.134 e. The van der Waals surface area contributed by atoms with Gasteiger partial charge in [-0.1, -0.05) is 127 Å². The van der Waals surface area contributed by atoms with Crippen molar-refractivity contribution in [2.24, 2.45) is 0 Å². The summed E-state index contributed by atoms with van der Waals surface area (Å²) in [5.74, 6) is 0.471. The predicted octanol–water partition coefficient (Wildman–Crippen LogP) is 11.7. The maximum atomic E-state index is 2.40. The van der Waals surface area contributed by atoms with Crippen molar-refractivity contribution in [3.63, 3.8) is 0 Å². The summed E-state index contributed by atoms with van der Waals surface area (Å²) in [6.45, 7) is 0. The SMILES string of the molecule is C1=CC(c2ccccc2)CC=C1c1ccc2c(c1)sc1c3ccc(-c4ccc(-c5ccccc5)cc4)cc3sc21. The van der Waals surface area contributed by atoms with E-state index in [1.807, 2.05) is 22.7 Å². The van der Waals surface area contributed by atoms with Crippen LogP contribution in [0.3, 0.4) is 0 Å². The maximum Gasteiger partial charge on any atom is 0.0542 e. The van der Waals surface area contributed by atoms with Crippen molar-refractivity contribution in [1.82, 2.24) is 0 Å². The number of fused-ring (bicyclic) bond motifs is 5. The van der Waals surface area contributed by atoms with Gasteiger partial charge in [0.1, 0.15) is 0 Å². The van der Waals surface area contributed by atoms with Gasteiger partial charge in [0.15, 0.2) is 0 Å². The number of benzene rings is 5.